The van der Waals surface area contributed by atoms with Gasteiger partial charge in [0.15, 0.2) is 0 Å². The highest BCUT2D eigenvalue weighted by Gasteiger charge is 2.39. The van der Waals surface area contributed by atoms with Gasteiger partial charge in [-0.25, -0.2) is 4.79 Å². The van der Waals surface area contributed by atoms with Crippen LogP contribution in [0.5, 0.6) is 0 Å². The fourth-order valence-electron chi connectivity index (χ4n) is 2.23. The number of ether oxygens (including phenoxy) is 1. The maximum atomic E-state index is 11.6. The first-order valence-electron chi connectivity index (χ1n) is 5.30. The van der Waals surface area contributed by atoms with Crippen LogP contribution in [0.15, 0.2) is 18.2 Å². The largest absolute Gasteiger partial charge is 0.451 e. The van der Waals surface area contributed by atoms with Gasteiger partial charge < -0.3 is 4.74 Å². The van der Waals surface area contributed by atoms with Crippen molar-refractivity contribution in [1.29, 1.82) is 0 Å². The van der Waals surface area contributed by atoms with E-state index in [-0.39, 0.29) is 5.97 Å². The maximum Gasteiger partial charge on any atom is 0.339 e. The Bertz CT molecular complexity index is 417. The molecule has 1 aromatic carbocycles. The monoisotopic (exact) mass is 204 g/mol. The van der Waals surface area contributed by atoms with E-state index in [0.29, 0.717) is 5.92 Å². The zero-order valence-electron chi connectivity index (χ0n) is 9.63. The topological polar surface area (TPSA) is 26.3 Å². The molecule has 1 aliphatic heterocycles. The summed E-state index contributed by atoms with van der Waals surface area (Å²) >= 11 is 0. The van der Waals surface area contributed by atoms with Gasteiger partial charge in [-0.1, -0.05) is 26.0 Å². The fourth-order valence-corrected chi connectivity index (χ4v) is 2.23. The Morgan fingerprint density at radius 2 is 1.93 bits per heavy atom. The Kier molecular flexibility index (Phi) is 2.10. The van der Waals surface area contributed by atoms with E-state index in [9.17, 15) is 4.79 Å². The van der Waals surface area contributed by atoms with Crippen LogP contribution in [0.2, 0.25) is 0 Å². The predicted octanol–water partition coefficient (Wildman–Crippen LogP) is 3.22. The van der Waals surface area contributed by atoms with Crippen molar-refractivity contribution in [3.63, 3.8) is 0 Å². The lowest BCUT2D eigenvalue weighted by molar-refractivity contribution is 0.00925. The molecule has 0 amide bonds. The number of hydrogen-bond acceptors (Lipinski definition) is 2. The van der Waals surface area contributed by atoms with Crippen LogP contribution in [-0.2, 0) is 10.3 Å². The third kappa shape index (κ3) is 1.44. The van der Waals surface area contributed by atoms with Crippen LogP contribution in [0.25, 0.3) is 0 Å². The van der Waals surface area contributed by atoms with Crippen molar-refractivity contribution in [3.8, 4) is 0 Å². The maximum absolute atomic E-state index is 11.6. The van der Waals surface area contributed by atoms with E-state index >= 15 is 0 Å². The van der Waals surface area contributed by atoms with Crippen LogP contribution in [-0.4, -0.2) is 5.97 Å². The highest BCUT2D eigenvalue weighted by molar-refractivity contribution is 5.95. The Hall–Kier alpha value is -1.31. The van der Waals surface area contributed by atoms with E-state index < -0.39 is 5.60 Å². The van der Waals surface area contributed by atoms with Crippen LogP contribution in [0.3, 0.4) is 0 Å². The van der Waals surface area contributed by atoms with Crippen molar-refractivity contribution in [2.45, 2.75) is 39.2 Å². The van der Waals surface area contributed by atoms with Gasteiger partial charge >= 0.3 is 5.97 Å². The molecule has 80 valence electrons. The first-order chi connectivity index (χ1) is 6.93. The van der Waals surface area contributed by atoms with Gasteiger partial charge in [0.1, 0.15) is 5.60 Å². The van der Waals surface area contributed by atoms with Crippen molar-refractivity contribution in [3.05, 3.63) is 34.9 Å². The molecule has 0 fully saturated rings. The second-order valence-corrected chi connectivity index (χ2v) is 4.82. The summed E-state index contributed by atoms with van der Waals surface area (Å²) < 4.78 is 5.37. The number of fused-ring (bicyclic) bond motifs is 1. The van der Waals surface area contributed by atoms with Gasteiger partial charge in [-0.05, 0) is 31.4 Å². The van der Waals surface area contributed by atoms with E-state index in [0.717, 1.165) is 11.1 Å². The molecule has 1 aromatic rings. The lowest BCUT2D eigenvalue weighted by Crippen LogP contribution is -2.18. The third-order valence-corrected chi connectivity index (χ3v) is 2.89. The smallest absolute Gasteiger partial charge is 0.339 e. The number of benzene rings is 1. The molecule has 0 saturated carbocycles. The third-order valence-electron chi connectivity index (χ3n) is 2.89. The molecule has 1 heterocycles. The van der Waals surface area contributed by atoms with Gasteiger partial charge in [0.05, 0.1) is 5.56 Å². The SMILES string of the molecule is CC(C)c1cccc2c1C(C)(C)OC2=O. The van der Waals surface area contributed by atoms with Crippen molar-refractivity contribution >= 4 is 5.97 Å². The number of carbonyl (C=O) groups is 1. The summed E-state index contributed by atoms with van der Waals surface area (Å²) in [6, 6.07) is 5.85. The lowest BCUT2D eigenvalue weighted by atomic mass is 9.86. The van der Waals surface area contributed by atoms with Gasteiger partial charge in [0.25, 0.3) is 0 Å². The van der Waals surface area contributed by atoms with Crippen molar-refractivity contribution < 1.29 is 9.53 Å². The molecule has 15 heavy (non-hydrogen) atoms. The number of carbonyl (C=O) groups excluding carboxylic acids is 1. The molecule has 1 aliphatic rings. The predicted molar refractivity (Wildman–Crippen MR) is 59.0 cm³/mol. The molecule has 2 nitrogen and oxygen atoms in total. The molecule has 0 aliphatic carbocycles. The Balaban J connectivity index is 2.70. The van der Waals surface area contributed by atoms with Gasteiger partial charge in [-0.15, -0.1) is 0 Å². The lowest BCUT2D eigenvalue weighted by Gasteiger charge is -2.22. The first-order valence-corrected chi connectivity index (χ1v) is 5.30. The van der Waals surface area contributed by atoms with Crippen LogP contribution in [0.1, 0.15) is 55.1 Å². The molecule has 0 N–H and O–H groups in total. The highest BCUT2D eigenvalue weighted by atomic mass is 16.6. The molecule has 0 aromatic heterocycles. The molecule has 2 rings (SSSR count). The zero-order chi connectivity index (χ0) is 11.2. The van der Waals surface area contributed by atoms with Gasteiger partial charge in [0, 0.05) is 5.56 Å². The minimum absolute atomic E-state index is 0.197. The first kappa shape index (κ1) is 10.2. The molecule has 0 spiro atoms. The number of hydrogen-bond donors (Lipinski definition) is 0. The van der Waals surface area contributed by atoms with Crippen molar-refractivity contribution in [2.75, 3.05) is 0 Å². The summed E-state index contributed by atoms with van der Waals surface area (Å²) in [4.78, 5) is 11.6. The Morgan fingerprint density at radius 3 is 2.53 bits per heavy atom. The average Bonchev–Trinajstić information content (AvgIpc) is 2.37. The van der Waals surface area contributed by atoms with Crippen molar-refractivity contribution in [2.24, 2.45) is 0 Å². The minimum atomic E-state index is -0.479. The van der Waals surface area contributed by atoms with Crippen LogP contribution < -0.4 is 0 Å². The standard InChI is InChI=1S/C13H16O2/c1-8(2)9-6-5-7-10-11(9)13(3,4)15-12(10)14/h5-8H,1-4H3. The second-order valence-electron chi connectivity index (χ2n) is 4.82. The normalized spacial score (nSPS) is 17.8. The van der Waals surface area contributed by atoms with E-state index in [2.05, 4.69) is 19.9 Å². The molecule has 0 saturated heterocycles. The molecule has 2 heteroatoms. The summed E-state index contributed by atoms with van der Waals surface area (Å²) in [5, 5.41) is 0. The van der Waals surface area contributed by atoms with Gasteiger partial charge in [0.2, 0.25) is 0 Å². The van der Waals surface area contributed by atoms with Crippen molar-refractivity contribution in [1.82, 2.24) is 0 Å². The number of cyclic esters (lactones) is 1. The number of esters is 1. The zero-order valence-corrected chi connectivity index (χ0v) is 9.63. The molecule has 0 atom stereocenters. The molecular formula is C13H16O2. The van der Waals surface area contributed by atoms with Crippen LogP contribution in [0.4, 0.5) is 0 Å². The van der Waals surface area contributed by atoms with Crippen LogP contribution in [0, 0.1) is 0 Å². The minimum Gasteiger partial charge on any atom is -0.451 e. The van der Waals surface area contributed by atoms with Crippen LogP contribution >= 0.6 is 0 Å². The summed E-state index contributed by atoms with van der Waals surface area (Å²) in [7, 11) is 0. The van der Waals surface area contributed by atoms with Gasteiger partial charge in [-0.2, -0.15) is 0 Å². The van der Waals surface area contributed by atoms with E-state index in [1.165, 1.54) is 5.56 Å². The van der Waals surface area contributed by atoms with Gasteiger partial charge in [-0.3, -0.25) is 0 Å². The average molecular weight is 204 g/mol. The highest BCUT2D eigenvalue weighted by Crippen LogP contribution is 2.40. The molecular weight excluding hydrogens is 188 g/mol. The van der Waals surface area contributed by atoms with E-state index in [1.54, 1.807) is 0 Å². The summed E-state index contributed by atoms with van der Waals surface area (Å²) in [5.41, 5.74) is 2.52. The molecule has 0 radical (unpaired) electrons. The molecule has 0 bridgehead atoms. The second kappa shape index (κ2) is 3.09. The number of rotatable bonds is 1. The van der Waals surface area contributed by atoms with E-state index in [1.807, 2.05) is 26.0 Å². The summed E-state index contributed by atoms with van der Waals surface area (Å²) in [6.45, 7) is 8.16. The quantitative estimate of drug-likeness (QED) is 0.656. The Labute approximate surface area is 90.3 Å². The fraction of sp³-hybridized carbons (Fsp3) is 0.462. The summed E-state index contributed by atoms with van der Waals surface area (Å²) in [5.74, 6) is 0.214. The summed E-state index contributed by atoms with van der Waals surface area (Å²) in [6.07, 6.45) is 0. The van der Waals surface area contributed by atoms with E-state index in [4.69, 9.17) is 4.74 Å². The Morgan fingerprint density at radius 1 is 1.27 bits per heavy atom. The molecule has 0 unspecified atom stereocenters.